The van der Waals surface area contributed by atoms with Gasteiger partial charge in [0.15, 0.2) is 0 Å². The molecule has 0 aromatic heterocycles. The van der Waals surface area contributed by atoms with Gasteiger partial charge in [0.2, 0.25) is 0 Å². The Morgan fingerprint density at radius 2 is 2.28 bits per heavy atom. The van der Waals surface area contributed by atoms with Crippen LogP contribution in [0.3, 0.4) is 0 Å². The zero-order valence-corrected chi connectivity index (χ0v) is 12.2. The smallest absolute Gasteiger partial charge is 0.254 e. The Labute approximate surface area is 120 Å². The number of hydrogen-bond donors (Lipinski definition) is 1. The van der Waals surface area contributed by atoms with Gasteiger partial charge in [0.25, 0.3) is 5.91 Å². The molecule has 0 radical (unpaired) electrons. The van der Waals surface area contributed by atoms with E-state index >= 15 is 0 Å². The summed E-state index contributed by atoms with van der Waals surface area (Å²) in [5.41, 5.74) is 0.677. The molecule has 3 nitrogen and oxygen atoms in total. The summed E-state index contributed by atoms with van der Waals surface area (Å²) < 4.78 is 0.822. The van der Waals surface area contributed by atoms with Gasteiger partial charge in [-0.25, -0.2) is 0 Å². The Bertz CT molecular complexity index is 494. The summed E-state index contributed by atoms with van der Waals surface area (Å²) in [7, 11) is 0. The van der Waals surface area contributed by atoms with Gasteiger partial charge in [0.05, 0.1) is 5.02 Å². The van der Waals surface area contributed by atoms with Crippen molar-refractivity contribution in [3.63, 3.8) is 0 Å². The first kappa shape index (κ1) is 12.5. The van der Waals surface area contributed by atoms with Crippen LogP contribution in [0.15, 0.2) is 22.7 Å². The monoisotopic (exact) mass is 328 g/mol. The third-order valence-electron chi connectivity index (χ3n) is 3.87. The van der Waals surface area contributed by atoms with Crippen LogP contribution >= 0.6 is 27.5 Å². The maximum atomic E-state index is 12.5. The van der Waals surface area contributed by atoms with Crippen LogP contribution in [-0.4, -0.2) is 36.5 Å². The lowest BCUT2D eigenvalue weighted by Gasteiger charge is -2.23. The number of fused-ring (bicyclic) bond motifs is 1. The third-order valence-corrected chi connectivity index (χ3v) is 5.11. The summed E-state index contributed by atoms with van der Waals surface area (Å²) in [5.74, 6) is 0.723. The van der Waals surface area contributed by atoms with Crippen molar-refractivity contribution in [2.45, 2.75) is 12.5 Å². The first-order chi connectivity index (χ1) is 8.66. The van der Waals surface area contributed by atoms with Crippen molar-refractivity contribution in [3.8, 4) is 0 Å². The molecule has 0 bridgehead atoms. The highest BCUT2D eigenvalue weighted by molar-refractivity contribution is 9.10. The van der Waals surface area contributed by atoms with Crippen LogP contribution in [0.2, 0.25) is 5.02 Å². The standard InChI is InChI=1S/C13H14BrClN2O/c14-10-2-1-8(5-11(10)15)13(18)17-4-3-9-6-16-7-12(9)17/h1-2,5,9,12,16H,3-4,6-7H2/t9-,12+/m0/s1. The number of hydrogen-bond acceptors (Lipinski definition) is 2. The Kier molecular flexibility index (Phi) is 3.34. The number of likely N-dealkylation sites (tertiary alicyclic amines) is 1. The minimum atomic E-state index is 0.0978. The van der Waals surface area contributed by atoms with E-state index in [2.05, 4.69) is 21.2 Å². The molecular weight excluding hydrogens is 316 g/mol. The number of rotatable bonds is 1. The maximum absolute atomic E-state index is 12.5. The molecule has 2 heterocycles. The lowest BCUT2D eigenvalue weighted by atomic mass is 10.0. The van der Waals surface area contributed by atoms with Crippen LogP contribution in [0.5, 0.6) is 0 Å². The molecule has 0 aliphatic carbocycles. The second-order valence-electron chi connectivity index (χ2n) is 4.90. The minimum Gasteiger partial charge on any atom is -0.334 e. The second kappa shape index (κ2) is 4.83. The average Bonchev–Trinajstić information content (AvgIpc) is 2.93. The molecule has 5 heteroatoms. The minimum absolute atomic E-state index is 0.0978. The van der Waals surface area contributed by atoms with Crippen molar-refractivity contribution in [2.75, 3.05) is 19.6 Å². The first-order valence-electron chi connectivity index (χ1n) is 6.13. The van der Waals surface area contributed by atoms with E-state index in [1.807, 2.05) is 17.0 Å². The van der Waals surface area contributed by atoms with Crippen molar-refractivity contribution in [2.24, 2.45) is 5.92 Å². The predicted molar refractivity (Wildman–Crippen MR) is 75.0 cm³/mol. The Morgan fingerprint density at radius 3 is 3.06 bits per heavy atom. The molecule has 96 valence electrons. The van der Waals surface area contributed by atoms with Crippen LogP contribution in [-0.2, 0) is 0 Å². The van der Waals surface area contributed by atoms with E-state index < -0.39 is 0 Å². The van der Waals surface area contributed by atoms with Crippen LogP contribution in [0.4, 0.5) is 0 Å². The first-order valence-corrected chi connectivity index (χ1v) is 7.30. The highest BCUT2D eigenvalue weighted by atomic mass is 79.9. The normalized spacial score (nSPS) is 26.4. The lowest BCUT2D eigenvalue weighted by molar-refractivity contribution is 0.0737. The summed E-state index contributed by atoms with van der Waals surface area (Å²) in [6.45, 7) is 2.82. The molecule has 0 unspecified atom stereocenters. The topological polar surface area (TPSA) is 32.3 Å². The van der Waals surface area contributed by atoms with Gasteiger partial charge in [-0.2, -0.15) is 0 Å². The van der Waals surface area contributed by atoms with Crippen LogP contribution in [0, 0.1) is 5.92 Å². The Hall–Kier alpha value is -0.580. The summed E-state index contributed by atoms with van der Waals surface area (Å²) in [6, 6.07) is 5.76. The van der Waals surface area contributed by atoms with Crippen molar-refractivity contribution in [3.05, 3.63) is 33.3 Å². The van der Waals surface area contributed by atoms with Crippen LogP contribution in [0.1, 0.15) is 16.8 Å². The van der Waals surface area contributed by atoms with E-state index in [0.717, 1.165) is 30.5 Å². The maximum Gasteiger partial charge on any atom is 0.254 e. The molecule has 3 rings (SSSR count). The van der Waals surface area contributed by atoms with E-state index in [9.17, 15) is 4.79 Å². The molecule has 2 aliphatic rings. The van der Waals surface area contributed by atoms with Crippen molar-refractivity contribution in [1.29, 1.82) is 0 Å². The SMILES string of the molecule is O=C(c1ccc(Br)c(Cl)c1)N1CC[C@H]2CNC[C@H]21. The zero-order valence-electron chi connectivity index (χ0n) is 9.83. The highest BCUT2D eigenvalue weighted by Gasteiger charge is 2.40. The van der Waals surface area contributed by atoms with Gasteiger partial charge < -0.3 is 10.2 Å². The van der Waals surface area contributed by atoms with Gasteiger partial charge in [-0.1, -0.05) is 11.6 Å². The van der Waals surface area contributed by atoms with E-state index in [1.165, 1.54) is 0 Å². The van der Waals surface area contributed by atoms with Crippen LogP contribution < -0.4 is 5.32 Å². The van der Waals surface area contributed by atoms with Crippen molar-refractivity contribution < 1.29 is 4.79 Å². The number of halogens is 2. The van der Waals surface area contributed by atoms with E-state index in [1.54, 1.807) is 6.07 Å². The fourth-order valence-corrected chi connectivity index (χ4v) is 3.32. The number of carbonyl (C=O) groups is 1. The molecule has 1 amide bonds. The molecule has 1 aromatic rings. The van der Waals surface area contributed by atoms with Gasteiger partial charge in [0.1, 0.15) is 0 Å². The molecule has 2 fully saturated rings. The van der Waals surface area contributed by atoms with Gasteiger partial charge in [-0.05, 0) is 46.5 Å². The third kappa shape index (κ3) is 2.06. The molecule has 18 heavy (non-hydrogen) atoms. The fraction of sp³-hybridized carbons (Fsp3) is 0.462. The number of amides is 1. The van der Waals surface area contributed by atoms with Gasteiger partial charge in [0, 0.05) is 35.7 Å². The fourth-order valence-electron chi connectivity index (χ4n) is 2.90. The number of nitrogens with zero attached hydrogens (tertiary/aromatic N) is 1. The molecule has 2 aliphatic heterocycles. The van der Waals surface area contributed by atoms with Gasteiger partial charge in [-0.15, -0.1) is 0 Å². The van der Waals surface area contributed by atoms with E-state index in [-0.39, 0.29) is 5.91 Å². The van der Waals surface area contributed by atoms with Gasteiger partial charge in [-0.3, -0.25) is 4.79 Å². The quantitative estimate of drug-likeness (QED) is 0.859. The molecule has 1 N–H and O–H groups in total. The van der Waals surface area contributed by atoms with Crippen molar-refractivity contribution in [1.82, 2.24) is 10.2 Å². The molecular formula is C13H14BrClN2O. The molecule has 2 atom stereocenters. The molecule has 0 spiro atoms. The molecule has 2 saturated heterocycles. The predicted octanol–water partition coefficient (Wildman–Crippen LogP) is 2.54. The Balaban J connectivity index is 1.84. The Morgan fingerprint density at radius 1 is 1.44 bits per heavy atom. The van der Waals surface area contributed by atoms with Crippen LogP contribution in [0.25, 0.3) is 0 Å². The number of nitrogens with one attached hydrogen (secondary N) is 1. The van der Waals surface area contributed by atoms with E-state index in [0.29, 0.717) is 22.5 Å². The summed E-state index contributed by atoms with van der Waals surface area (Å²) >= 11 is 9.39. The van der Waals surface area contributed by atoms with E-state index in [4.69, 9.17) is 11.6 Å². The largest absolute Gasteiger partial charge is 0.334 e. The zero-order chi connectivity index (χ0) is 12.7. The number of benzene rings is 1. The molecule has 0 saturated carbocycles. The van der Waals surface area contributed by atoms with Gasteiger partial charge >= 0.3 is 0 Å². The average molecular weight is 330 g/mol. The molecule has 1 aromatic carbocycles. The highest BCUT2D eigenvalue weighted by Crippen LogP contribution is 2.30. The summed E-state index contributed by atoms with van der Waals surface area (Å²) in [4.78, 5) is 14.5. The number of carbonyl (C=O) groups excluding carboxylic acids is 1. The van der Waals surface area contributed by atoms with Crippen molar-refractivity contribution >= 4 is 33.4 Å². The lowest BCUT2D eigenvalue weighted by Crippen LogP contribution is -2.39. The summed E-state index contributed by atoms with van der Waals surface area (Å²) in [6.07, 6.45) is 1.10. The second-order valence-corrected chi connectivity index (χ2v) is 6.16. The summed E-state index contributed by atoms with van der Waals surface area (Å²) in [5, 5.41) is 3.94.